The van der Waals surface area contributed by atoms with Crippen molar-refractivity contribution >= 4 is 133 Å². The van der Waals surface area contributed by atoms with E-state index >= 15 is 4.79 Å². The van der Waals surface area contributed by atoms with Crippen molar-refractivity contribution < 1.29 is 47.8 Å². The topological polar surface area (TPSA) is 174 Å². The second-order valence-electron chi connectivity index (χ2n) is 20.8. The van der Waals surface area contributed by atoms with Crippen molar-refractivity contribution in [1.82, 2.24) is 13.7 Å². The van der Waals surface area contributed by atoms with Gasteiger partial charge in [-0.15, -0.1) is 22.7 Å². The third-order valence-corrected chi connectivity index (χ3v) is 18.6. The summed E-state index contributed by atoms with van der Waals surface area (Å²) in [5.41, 5.74) is 3.25. The first-order valence-corrected chi connectivity index (χ1v) is 28.0. The molecule has 16 heteroatoms. The normalized spacial score (nSPS) is 18.9. The second kappa shape index (κ2) is 19.2. The summed E-state index contributed by atoms with van der Waals surface area (Å²) in [5.74, 6) is -1.87. The molecule has 0 aliphatic heterocycles. The lowest BCUT2D eigenvalue weighted by Crippen LogP contribution is -2.35. The van der Waals surface area contributed by atoms with E-state index in [1.165, 1.54) is 42.5 Å². The minimum atomic E-state index is -0.875. The van der Waals surface area contributed by atoms with Crippen LogP contribution in [0.25, 0.3) is 57.7 Å². The van der Waals surface area contributed by atoms with E-state index in [4.69, 9.17) is 19.2 Å². The lowest BCUT2D eigenvalue weighted by atomic mass is 9.64. The molecule has 0 bridgehead atoms. The molecule has 0 amide bonds. The van der Waals surface area contributed by atoms with Crippen molar-refractivity contribution in [2.75, 3.05) is 0 Å². The van der Waals surface area contributed by atoms with Crippen LogP contribution in [0.4, 0.5) is 20.2 Å². The maximum Gasteiger partial charge on any atom is 0.420 e. The summed E-state index contributed by atoms with van der Waals surface area (Å²) in [5, 5.41) is 1.58. The number of nitrogens with zero attached hydrogens (tertiary/aromatic N) is 4. The molecule has 3 fully saturated rings. The van der Waals surface area contributed by atoms with Crippen LogP contribution in [-0.4, -0.2) is 60.8 Å². The van der Waals surface area contributed by atoms with Crippen molar-refractivity contribution in [3.8, 4) is 0 Å². The van der Waals surface area contributed by atoms with E-state index in [1.807, 2.05) is 115 Å². The van der Waals surface area contributed by atoms with Crippen molar-refractivity contribution in [3.05, 3.63) is 179 Å². The molecule has 0 saturated heterocycles. The lowest BCUT2D eigenvalue weighted by molar-refractivity contribution is -0.123. The van der Waals surface area contributed by atoms with Gasteiger partial charge in [-0.05, 0) is 76.4 Å². The van der Waals surface area contributed by atoms with Crippen molar-refractivity contribution in [2.24, 2.45) is 28.7 Å². The van der Waals surface area contributed by atoms with Crippen LogP contribution in [-0.2, 0) is 43.6 Å². The van der Waals surface area contributed by atoms with Gasteiger partial charge in [-0.3, -0.25) is 19.2 Å². The van der Waals surface area contributed by atoms with Gasteiger partial charge in [0.2, 0.25) is 0 Å². The van der Waals surface area contributed by atoms with Gasteiger partial charge in [-0.2, -0.15) is 0 Å². The number of benzene rings is 5. The molecule has 0 N–H and O–H groups in total. The molecule has 0 radical (unpaired) electrons. The number of thiophene rings is 2. The molecule has 10 aromatic rings. The number of ketones is 4. The summed E-state index contributed by atoms with van der Waals surface area (Å²) in [6.07, 6.45) is 4.35. The first kappa shape index (κ1) is 48.5. The average molecular weight is 1080 g/mol. The highest BCUT2D eigenvalue weighted by Crippen LogP contribution is 2.52. The summed E-state index contributed by atoms with van der Waals surface area (Å²) >= 11 is 2.52. The van der Waals surface area contributed by atoms with Crippen LogP contribution in [0.5, 0.6) is 0 Å². The molecule has 14 rings (SSSR count). The molecule has 79 heavy (non-hydrogen) atoms. The molecule has 3 saturated carbocycles. The number of aromatic nitrogens is 3. The Hall–Kier alpha value is -8.86. The van der Waals surface area contributed by atoms with E-state index in [9.17, 15) is 28.8 Å². The summed E-state index contributed by atoms with van der Waals surface area (Å²) in [6, 6.07) is 41.5. The van der Waals surface area contributed by atoms with Crippen LogP contribution in [0, 0.1) is 23.7 Å². The van der Waals surface area contributed by atoms with Gasteiger partial charge in [0.15, 0.2) is 28.8 Å². The molecule has 4 atom stereocenters. The molecule has 390 valence electrons. The second-order valence-corrected chi connectivity index (χ2v) is 22.9. The van der Waals surface area contributed by atoms with Gasteiger partial charge in [0, 0.05) is 29.0 Å². The third-order valence-electron chi connectivity index (χ3n) is 16.2. The zero-order chi connectivity index (χ0) is 53.6. The van der Waals surface area contributed by atoms with Crippen LogP contribution >= 0.6 is 22.7 Å². The maximum atomic E-state index is 15.3. The molecular formula is C63H46N4O10S2. The van der Waals surface area contributed by atoms with Crippen LogP contribution in [0.15, 0.2) is 150 Å². The first-order chi connectivity index (χ1) is 38.6. The molecule has 0 spiro atoms. The van der Waals surface area contributed by atoms with Crippen molar-refractivity contribution in [3.63, 3.8) is 0 Å². The number of aliphatic imine (C=N–C) groups is 1. The minimum absolute atomic E-state index is 0.0190. The van der Waals surface area contributed by atoms with Crippen LogP contribution in [0.2, 0.25) is 0 Å². The Bertz CT molecular complexity index is 4240. The molecule has 5 aromatic carbocycles. The predicted molar refractivity (Wildman–Crippen MR) is 302 cm³/mol. The highest BCUT2D eigenvalue weighted by atomic mass is 32.1. The maximum absolute atomic E-state index is 15.3. The van der Waals surface area contributed by atoms with Crippen molar-refractivity contribution in [1.29, 1.82) is 0 Å². The number of rotatable bonds is 8. The van der Waals surface area contributed by atoms with Crippen LogP contribution in [0.3, 0.4) is 0 Å². The Morgan fingerprint density at radius 1 is 0.519 bits per heavy atom. The van der Waals surface area contributed by atoms with Gasteiger partial charge in [0.1, 0.15) is 25.6 Å². The first-order valence-electron chi connectivity index (χ1n) is 26.4. The van der Waals surface area contributed by atoms with E-state index in [1.54, 1.807) is 24.3 Å². The smallest absolute Gasteiger partial charge is 0.420 e. The summed E-state index contributed by atoms with van der Waals surface area (Å²) in [7, 11) is 0. The zero-order valence-corrected chi connectivity index (χ0v) is 43.9. The number of carbonyl (C=O) groups is 7. The highest BCUT2D eigenvalue weighted by molar-refractivity contribution is 7.33. The Morgan fingerprint density at radius 2 is 0.949 bits per heavy atom. The van der Waals surface area contributed by atoms with Crippen molar-refractivity contribution in [2.45, 2.75) is 58.3 Å². The Kier molecular flexibility index (Phi) is 11.8. The number of Topliss-reactive ketones (excluding diaryl/α,β-unsaturated/α-hetero) is 4. The largest absolute Gasteiger partial charge is 0.444 e. The summed E-state index contributed by atoms with van der Waals surface area (Å²) in [6.45, 7) is -0.412. The number of allylic oxidation sites excluding steroid dienone is 1. The molecule has 5 heterocycles. The quantitative estimate of drug-likeness (QED) is 0.0809. The molecule has 5 aromatic heterocycles. The van der Waals surface area contributed by atoms with Gasteiger partial charge < -0.3 is 14.2 Å². The van der Waals surface area contributed by atoms with E-state index in [0.717, 1.165) is 36.5 Å². The minimum Gasteiger partial charge on any atom is -0.444 e. The summed E-state index contributed by atoms with van der Waals surface area (Å²) in [4.78, 5) is 107. The van der Waals surface area contributed by atoms with E-state index in [0.29, 0.717) is 60.2 Å². The highest BCUT2D eigenvalue weighted by Gasteiger charge is 2.52. The van der Waals surface area contributed by atoms with Gasteiger partial charge in [-0.25, -0.2) is 33.1 Å². The zero-order valence-electron chi connectivity index (χ0n) is 42.2. The molecule has 14 nitrogen and oxygen atoms in total. The Morgan fingerprint density at radius 3 is 1.44 bits per heavy atom. The number of carbonyl (C=O) groups excluding carboxylic acids is 7. The van der Waals surface area contributed by atoms with E-state index in [-0.39, 0.29) is 87.4 Å². The number of hydrogen-bond acceptors (Lipinski definition) is 13. The molecular weight excluding hydrogens is 1040 g/mol. The fraction of sp³-hybridized carbons (Fsp3) is 0.206. The van der Waals surface area contributed by atoms with Gasteiger partial charge in [-0.1, -0.05) is 141 Å². The lowest BCUT2D eigenvalue weighted by Gasteiger charge is -2.39. The third kappa shape index (κ3) is 8.10. The fourth-order valence-electron chi connectivity index (χ4n) is 12.5. The van der Waals surface area contributed by atoms with Crippen LogP contribution in [0.1, 0.15) is 81.6 Å². The molecule has 4 unspecified atom stereocenters. The molecule has 4 aliphatic carbocycles. The Balaban J connectivity index is 0.978. The fourth-order valence-corrected chi connectivity index (χ4v) is 15.1. The monoisotopic (exact) mass is 1080 g/mol. The summed E-state index contributed by atoms with van der Waals surface area (Å²) < 4.78 is 24.1. The van der Waals surface area contributed by atoms with E-state index < -0.39 is 41.7 Å². The predicted octanol–water partition coefficient (Wildman–Crippen LogP) is 14.1. The molecule has 4 aliphatic rings. The Labute approximate surface area is 458 Å². The van der Waals surface area contributed by atoms with Crippen LogP contribution < -0.4 is 0 Å². The number of hydrogen-bond donors (Lipinski definition) is 0. The number of ether oxygens (including phenoxy) is 3. The van der Waals surface area contributed by atoms with Gasteiger partial charge in [0.05, 0.1) is 52.1 Å². The van der Waals surface area contributed by atoms with Gasteiger partial charge in [0.25, 0.3) is 0 Å². The van der Waals surface area contributed by atoms with Gasteiger partial charge >= 0.3 is 18.3 Å². The van der Waals surface area contributed by atoms with E-state index in [2.05, 4.69) is 0 Å². The average Bonchev–Trinajstić information content (AvgIpc) is 4.49. The standard InChI is InChI=1S/C63H46N4O10S2/c68-55-42-24-37-20-10-11-21-38(37)25-43(42)56(69)46(55)28-41-29-47-51(65(41)61(72)75-31-34-14-4-1-5-15-34)53-59(78-47)60-54(67(53)63(74)77-33-36-18-8-3-9-19-36)52-48(79-60)30-49(66(52)62(73)76-32-35-16-6-2-7-17-35)64-50-57(70)44-26-39-22-12-13-23-40(39)27-45(44)58(50)71/h1-11,14-21,24-25,28-30,39-40,44-45H,12-13,22-23,26-27,31-33H2. The SMILES string of the molecule is O=C1C(=Cc2cc3sc4c5sc6cc(N=C7C(=O)C8CC9CCCCC9CC8C7=O)n(C(=O)OCc7ccccc7)c6c5n(C(=O)OCc5ccccc5)c4c3n2C(=O)OCc2ccccc2)C(=O)c2cc3ccccc3cc21. The number of fused-ring (bicyclic) bond motifs is 11.